The van der Waals surface area contributed by atoms with Crippen LogP contribution in [0.4, 0.5) is 0 Å². The van der Waals surface area contributed by atoms with Gasteiger partial charge in [-0.2, -0.15) is 0 Å². The maximum absolute atomic E-state index is 11.3. The molecule has 1 aliphatic heterocycles. The van der Waals surface area contributed by atoms with Crippen LogP contribution in [0.25, 0.3) is 0 Å². The van der Waals surface area contributed by atoms with Gasteiger partial charge in [-0.25, -0.2) is 0 Å². The molecule has 2 fully saturated rings. The Kier molecular flexibility index (Phi) is 3.10. The van der Waals surface area contributed by atoms with E-state index in [0.717, 1.165) is 13.0 Å². The highest BCUT2D eigenvalue weighted by atomic mass is 16.1. The van der Waals surface area contributed by atoms with Crippen LogP contribution in [0, 0.1) is 11.8 Å². The summed E-state index contributed by atoms with van der Waals surface area (Å²) in [6.07, 6.45) is 4.21. The predicted molar refractivity (Wildman–Crippen MR) is 60.4 cm³/mol. The van der Waals surface area contributed by atoms with Gasteiger partial charge in [0.2, 0.25) is 5.91 Å². The van der Waals surface area contributed by atoms with E-state index in [1.54, 1.807) is 7.05 Å². The van der Waals surface area contributed by atoms with Crippen molar-refractivity contribution >= 4 is 5.91 Å². The smallest absolute Gasteiger partial charge is 0.220 e. The minimum absolute atomic E-state index is 0.176. The summed E-state index contributed by atoms with van der Waals surface area (Å²) >= 11 is 0. The molecule has 1 saturated carbocycles. The van der Waals surface area contributed by atoms with Gasteiger partial charge in [-0.1, -0.05) is 12.2 Å². The summed E-state index contributed by atoms with van der Waals surface area (Å²) in [5.41, 5.74) is 1.33. The van der Waals surface area contributed by atoms with Gasteiger partial charge in [-0.3, -0.25) is 4.79 Å². The molecule has 2 aliphatic rings. The zero-order valence-corrected chi connectivity index (χ0v) is 9.38. The van der Waals surface area contributed by atoms with Crippen molar-refractivity contribution in [1.82, 2.24) is 10.6 Å². The van der Waals surface area contributed by atoms with Gasteiger partial charge in [-0.15, -0.1) is 0 Å². The minimum atomic E-state index is 0.176. The highest BCUT2D eigenvalue weighted by Gasteiger charge is 2.36. The molecule has 0 aromatic rings. The van der Waals surface area contributed by atoms with Gasteiger partial charge in [0.05, 0.1) is 0 Å². The van der Waals surface area contributed by atoms with Gasteiger partial charge >= 0.3 is 0 Å². The SMILES string of the molecule is C=C1CNC2CCC(CC(=O)NC)CC12. The molecule has 0 aromatic heterocycles. The van der Waals surface area contributed by atoms with Crippen LogP contribution in [0.3, 0.4) is 0 Å². The number of carbonyl (C=O) groups is 1. The zero-order valence-electron chi connectivity index (χ0n) is 9.38. The lowest BCUT2D eigenvalue weighted by atomic mass is 9.76. The van der Waals surface area contributed by atoms with Crippen molar-refractivity contribution in [3.8, 4) is 0 Å². The van der Waals surface area contributed by atoms with Crippen LogP contribution in [0.5, 0.6) is 0 Å². The highest BCUT2D eigenvalue weighted by Crippen LogP contribution is 2.37. The topological polar surface area (TPSA) is 41.1 Å². The third kappa shape index (κ3) is 2.23. The van der Waals surface area contributed by atoms with Gasteiger partial charge in [0, 0.05) is 26.1 Å². The fraction of sp³-hybridized carbons (Fsp3) is 0.750. The Labute approximate surface area is 91.3 Å². The summed E-state index contributed by atoms with van der Waals surface area (Å²) in [5, 5.41) is 6.20. The molecule has 3 unspecified atom stereocenters. The molecule has 1 saturated heterocycles. The fourth-order valence-electron chi connectivity index (χ4n) is 2.90. The first kappa shape index (κ1) is 10.7. The number of rotatable bonds is 2. The van der Waals surface area contributed by atoms with E-state index in [2.05, 4.69) is 17.2 Å². The molecule has 2 N–H and O–H groups in total. The fourth-order valence-corrected chi connectivity index (χ4v) is 2.90. The molecular formula is C12H20N2O. The Morgan fingerprint density at radius 2 is 2.40 bits per heavy atom. The lowest BCUT2D eigenvalue weighted by Crippen LogP contribution is -2.34. The third-order valence-corrected chi connectivity index (χ3v) is 3.83. The molecule has 3 nitrogen and oxygen atoms in total. The molecule has 2 rings (SSSR count). The van der Waals surface area contributed by atoms with E-state index in [1.165, 1.54) is 18.4 Å². The van der Waals surface area contributed by atoms with E-state index in [-0.39, 0.29) is 5.91 Å². The van der Waals surface area contributed by atoms with E-state index < -0.39 is 0 Å². The first-order valence-corrected chi connectivity index (χ1v) is 5.82. The summed E-state index contributed by atoms with van der Waals surface area (Å²) in [6, 6.07) is 0.637. The molecule has 3 heteroatoms. The van der Waals surface area contributed by atoms with Crippen LogP contribution < -0.4 is 10.6 Å². The summed E-state index contributed by atoms with van der Waals surface area (Å²) in [7, 11) is 1.71. The normalized spacial score (nSPS) is 35.0. The second-order valence-corrected chi connectivity index (χ2v) is 4.81. The largest absolute Gasteiger partial charge is 0.359 e. The zero-order chi connectivity index (χ0) is 10.8. The molecule has 15 heavy (non-hydrogen) atoms. The van der Waals surface area contributed by atoms with Crippen LogP contribution in [0.1, 0.15) is 25.7 Å². The monoisotopic (exact) mass is 208 g/mol. The van der Waals surface area contributed by atoms with Crippen molar-refractivity contribution in [2.75, 3.05) is 13.6 Å². The van der Waals surface area contributed by atoms with Gasteiger partial charge in [0.15, 0.2) is 0 Å². The van der Waals surface area contributed by atoms with Gasteiger partial charge < -0.3 is 10.6 Å². The number of carbonyl (C=O) groups excluding carboxylic acids is 1. The van der Waals surface area contributed by atoms with Crippen LogP contribution in [0.15, 0.2) is 12.2 Å². The van der Waals surface area contributed by atoms with Crippen molar-refractivity contribution in [2.45, 2.75) is 31.7 Å². The number of fused-ring (bicyclic) bond motifs is 1. The minimum Gasteiger partial charge on any atom is -0.359 e. The first-order chi connectivity index (χ1) is 7.20. The second kappa shape index (κ2) is 4.35. The van der Waals surface area contributed by atoms with Crippen LogP contribution in [-0.2, 0) is 4.79 Å². The Hall–Kier alpha value is -0.830. The van der Waals surface area contributed by atoms with E-state index in [0.29, 0.717) is 24.3 Å². The Balaban J connectivity index is 1.90. The number of amides is 1. The standard InChI is InChI=1S/C12H20N2O/c1-8-7-14-11-4-3-9(5-10(8)11)6-12(15)13-2/h9-11,14H,1,3-7H2,2H3,(H,13,15). The molecule has 0 aromatic carbocycles. The lowest BCUT2D eigenvalue weighted by molar-refractivity contribution is -0.121. The summed E-state index contributed by atoms with van der Waals surface area (Å²) in [6.45, 7) is 5.08. The van der Waals surface area contributed by atoms with Crippen molar-refractivity contribution in [1.29, 1.82) is 0 Å². The van der Waals surface area contributed by atoms with E-state index in [4.69, 9.17) is 0 Å². The number of hydrogen-bond acceptors (Lipinski definition) is 2. The second-order valence-electron chi connectivity index (χ2n) is 4.81. The van der Waals surface area contributed by atoms with Crippen molar-refractivity contribution < 1.29 is 4.79 Å². The third-order valence-electron chi connectivity index (χ3n) is 3.83. The van der Waals surface area contributed by atoms with Crippen LogP contribution in [-0.4, -0.2) is 25.5 Å². The maximum Gasteiger partial charge on any atom is 0.220 e. The average Bonchev–Trinajstić information content (AvgIpc) is 2.60. The Bertz CT molecular complexity index is 275. The predicted octanol–water partition coefficient (Wildman–Crippen LogP) is 1.07. The number of hydrogen-bond donors (Lipinski definition) is 2. The van der Waals surface area contributed by atoms with Gasteiger partial charge in [0.25, 0.3) is 0 Å². The van der Waals surface area contributed by atoms with Crippen molar-refractivity contribution in [3.05, 3.63) is 12.2 Å². The maximum atomic E-state index is 11.3. The lowest BCUT2D eigenvalue weighted by Gasteiger charge is -2.31. The Morgan fingerprint density at radius 1 is 1.60 bits per heavy atom. The van der Waals surface area contributed by atoms with Gasteiger partial charge in [0.1, 0.15) is 0 Å². The van der Waals surface area contributed by atoms with Gasteiger partial charge in [-0.05, 0) is 31.1 Å². The molecule has 84 valence electrons. The number of nitrogens with one attached hydrogen (secondary N) is 2. The molecule has 0 spiro atoms. The van der Waals surface area contributed by atoms with Crippen molar-refractivity contribution in [2.24, 2.45) is 11.8 Å². The molecular weight excluding hydrogens is 188 g/mol. The van der Waals surface area contributed by atoms with E-state index in [9.17, 15) is 4.79 Å². The summed E-state index contributed by atoms with van der Waals surface area (Å²) in [4.78, 5) is 11.3. The summed E-state index contributed by atoms with van der Waals surface area (Å²) < 4.78 is 0. The van der Waals surface area contributed by atoms with Crippen LogP contribution in [0.2, 0.25) is 0 Å². The highest BCUT2D eigenvalue weighted by molar-refractivity contribution is 5.75. The summed E-state index contributed by atoms with van der Waals surface area (Å²) in [5.74, 6) is 1.35. The molecule has 0 bridgehead atoms. The molecule has 0 radical (unpaired) electrons. The Morgan fingerprint density at radius 3 is 3.13 bits per heavy atom. The molecule has 1 heterocycles. The van der Waals surface area contributed by atoms with Crippen LogP contribution >= 0.6 is 0 Å². The first-order valence-electron chi connectivity index (χ1n) is 5.82. The molecule has 1 aliphatic carbocycles. The molecule has 1 amide bonds. The van der Waals surface area contributed by atoms with Crippen molar-refractivity contribution in [3.63, 3.8) is 0 Å². The van der Waals surface area contributed by atoms with E-state index >= 15 is 0 Å². The average molecular weight is 208 g/mol. The molecule has 3 atom stereocenters. The quantitative estimate of drug-likeness (QED) is 0.666. The van der Waals surface area contributed by atoms with E-state index in [1.807, 2.05) is 0 Å².